The van der Waals surface area contributed by atoms with Crippen molar-refractivity contribution in [3.8, 4) is 0 Å². The number of hydrogen-bond acceptors (Lipinski definition) is 4. The van der Waals surface area contributed by atoms with Crippen LogP contribution in [0.4, 0.5) is 0 Å². The average molecular weight is 206 g/mol. The van der Waals surface area contributed by atoms with E-state index in [4.69, 9.17) is 10.8 Å². The third-order valence-electron chi connectivity index (χ3n) is 2.24. The molecular weight excluding hydrogens is 196 g/mol. The Balaban J connectivity index is 2.55. The van der Waals surface area contributed by atoms with Crippen molar-refractivity contribution in [2.24, 2.45) is 5.73 Å². The Morgan fingerprint density at radius 2 is 2.40 bits per heavy atom. The molecule has 0 spiro atoms. The second-order valence-electron chi connectivity index (χ2n) is 3.11. The lowest BCUT2D eigenvalue weighted by Crippen LogP contribution is -2.22. The highest BCUT2D eigenvalue weighted by Crippen LogP contribution is 2.15. The van der Waals surface area contributed by atoms with E-state index in [9.17, 15) is 4.79 Å². The molecule has 2 aromatic rings. The van der Waals surface area contributed by atoms with Crippen LogP contribution in [0.5, 0.6) is 0 Å². The fourth-order valence-corrected chi connectivity index (χ4v) is 1.47. The molecule has 0 saturated carbocycles. The van der Waals surface area contributed by atoms with Gasteiger partial charge in [-0.15, -0.1) is 0 Å². The van der Waals surface area contributed by atoms with Gasteiger partial charge in [-0.2, -0.15) is 0 Å². The molecule has 0 aliphatic rings. The molecule has 3 N–H and O–H groups in total. The van der Waals surface area contributed by atoms with Gasteiger partial charge in [-0.05, 0) is 0 Å². The predicted octanol–water partition coefficient (Wildman–Crippen LogP) is -0.144. The van der Waals surface area contributed by atoms with Gasteiger partial charge in [0.05, 0.1) is 18.1 Å². The van der Waals surface area contributed by atoms with Crippen molar-refractivity contribution in [2.45, 2.75) is 5.92 Å². The van der Waals surface area contributed by atoms with Crippen LogP contribution in [-0.4, -0.2) is 32.0 Å². The quantitative estimate of drug-likeness (QED) is 0.728. The molecule has 0 aromatic carbocycles. The van der Waals surface area contributed by atoms with Crippen LogP contribution in [0.15, 0.2) is 24.8 Å². The van der Waals surface area contributed by atoms with E-state index in [2.05, 4.69) is 9.97 Å². The molecule has 2 heterocycles. The monoisotopic (exact) mass is 206 g/mol. The van der Waals surface area contributed by atoms with Crippen LogP contribution < -0.4 is 5.73 Å². The molecule has 6 nitrogen and oxygen atoms in total. The number of nitrogens with two attached hydrogens (primary N) is 1. The Labute approximate surface area is 85.4 Å². The summed E-state index contributed by atoms with van der Waals surface area (Å²) in [4.78, 5) is 18.9. The van der Waals surface area contributed by atoms with E-state index in [1.807, 2.05) is 0 Å². The first-order valence-corrected chi connectivity index (χ1v) is 4.44. The molecule has 0 amide bonds. The minimum Gasteiger partial charge on any atom is -0.481 e. The number of carbonyl (C=O) groups is 1. The molecule has 0 aliphatic heterocycles. The highest BCUT2D eigenvalue weighted by Gasteiger charge is 2.21. The first kappa shape index (κ1) is 9.60. The summed E-state index contributed by atoms with van der Waals surface area (Å²) in [7, 11) is 0. The minimum absolute atomic E-state index is 0.0471. The Kier molecular flexibility index (Phi) is 2.34. The summed E-state index contributed by atoms with van der Waals surface area (Å²) in [5, 5.41) is 8.97. The Hall–Kier alpha value is -1.95. The molecule has 2 aromatic heterocycles. The van der Waals surface area contributed by atoms with Crippen LogP contribution in [0.1, 0.15) is 11.6 Å². The fraction of sp³-hybridized carbons (Fsp3) is 0.222. The van der Waals surface area contributed by atoms with Gasteiger partial charge in [0.15, 0.2) is 5.65 Å². The number of aliphatic carboxylic acids is 1. The fourth-order valence-electron chi connectivity index (χ4n) is 1.47. The maximum absolute atomic E-state index is 10.9. The van der Waals surface area contributed by atoms with E-state index in [0.717, 1.165) is 0 Å². The smallest absolute Gasteiger partial charge is 0.313 e. The van der Waals surface area contributed by atoms with Crippen molar-refractivity contribution in [3.05, 3.63) is 30.5 Å². The highest BCUT2D eigenvalue weighted by molar-refractivity contribution is 5.76. The number of fused-ring (bicyclic) bond motifs is 1. The third kappa shape index (κ3) is 1.55. The first-order valence-electron chi connectivity index (χ1n) is 4.44. The van der Waals surface area contributed by atoms with Crippen LogP contribution in [-0.2, 0) is 4.79 Å². The molecule has 0 saturated heterocycles. The summed E-state index contributed by atoms with van der Waals surface area (Å²) in [6, 6.07) is 0. The van der Waals surface area contributed by atoms with Gasteiger partial charge in [0.1, 0.15) is 5.92 Å². The topological polar surface area (TPSA) is 93.5 Å². The molecular formula is C9H10N4O2. The summed E-state index contributed by atoms with van der Waals surface area (Å²) in [6.07, 6.45) is 6.33. The summed E-state index contributed by atoms with van der Waals surface area (Å²) in [5.74, 6) is -1.68. The lowest BCUT2D eigenvalue weighted by Gasteiger charge is -2.08. The molecule has 0 radical (unpaired) electrons. The minimum atomic E-state index is -0.948. The van der Waals surface area contributed by atoms with Crippen molar-refractivity contribution in [3.63, 3.8) is 0 Å². The molecule has 1 atom stereocenters. The van der Waals surface area contributed by atoms with Crippen LogP contribution >= 0.6 is 0 Å². The number of carboxylic acid groups (broad SMARTS) is 1. The van der Waals surface area contributed by atoms with Crippen LogP contribution in [0.25, 0.3) is 5.65 Å². The van der Waals surface area contributed by atoms with Gasteiger partial charge in [0, 0.05) is 18.9 Å². The second kappa shape index (κ2) is 3.66. The molecule has 78 valence electrons. The SMILES string of the molecule is NCC(C(=O)O)c1cnc2cnccn12. The number of carboxylic acids is 1. The number of nitrogens with zero attached hydrogens (tertiary/aromatic N) is 3. The van der Waals surface area contributed by atoms with E-state index in [1.165, 1.54) is 6.20 Å². The molecule has 0 bridgehead atoms. The van der Waals surface area contributed by atoms with Crippen molar-refractivity contribution in [1.82, 2.24) is 14.4 Å². The molecule has 2 rings (SSSR count). The zero-order valence-electron chi connectivity index (χ0n) is 7.87. The lowest BCUT2D eigenvalue weighted by atomic mass is 10.1. The molecule has 0 aliphatic carbocycles. The first-order chi connectivity index (χ1) is 7.24. The van der Waals surface area contributed by atoms with Gasteiger partial charge in [-0.3, -0.25) is 9.78 Å². The van der Waals surface area contributed by atoms with E-state index < -0.39 is 11.9 Å². The van der Waals surface area contributed by atoms with E-state index in [1.54, 1.807) is 23.0 Å². The lowest BCUT2D eigenvalue weighted by molar-refractivity contribution is -0.138. The summed E-state index contributed by atoms with van der Waals surface area (Å²) < 4.78 is 1.68. The molecule has 0 fully saturated rings. The average Bonchev–Trinajstić information content (AvgIpc) is 2.63. The predicted molar refractivity (Wildman–Crippen MR) is 52.4 cm³/mol. The maximum atomic E-state index is 10.9. The number of aromatic nitrogens is 3. The normalized spacial score (nSPS) is 12.9. The molecule has 1 unspecified atom stereocenters. The van der Waals surface area contributed by atoms with Crippen LogP contribution in [0, 0.1) is 0 Å². The third-order valence-corrected chi connectivity index (χ3v) is 2.24. The van der Waals surface area contributed by atoms with Crippen LogP contribution in [0.2, 0.25) is 0 Å². The van der Waals surface area contributed by atoms with Gasteiger partial charge in [-0.1, -0.05) is 0 Å². The molecule has 6 heteroatoms. The van der Waals surface area contributed by atoms with Crippen molar-refractivity contribution in [1.29, 1.82) is 0 Å². The largest absolute Gasteiger partial charge is 0.481 e. The van der Waals surface area contributed by atoms with E-state index >= 15 is 0 Å². The van der Waals surface area contributed by atoms with Gasteiger partial charge in [-0.25, -0.2) is 4.98 Å². The zero-order chi connectivity index (χ0) is 10.8. The van der Waals surface area contributed by atoms with Gasteiger partial charge in [0.25, 0.3) is 0 Å². The standard InChI is InChI=1S/C9H10N4O2/c10-3-6(9(14)15)7-4-12-8-5-11-1-2-13(7)8/h1-2,4-6H,3,10H2,(H,14,15). The highest BCUT2D eigenvalue weighted by atomic mass is 16.4. The summed E-state index contributed by atoms with van der Waals surface area (Å²) in [6.45, 7) is 0.0471. The van der Waals surface area contributed by atoms with Crippen molar-refractivity contribution >= 4 is 11.6 Å². The second-order valence-corrected chi connectivity index (χ2v) is 3.11. The maximum Gasteiger partial charge on any atom is 0.313 e. The van der Waals surface area contributed by atoms with Gasteiger partial charge in [0.2, 0.25) is 0 Å². The molecule has 15 heavy (non-hydrogen) atoms. The van der Waals surface area contributed by atoms with Gasteiger partial charge < -0.3 is 15.2 Å². The van der Waals surface area contributed by atoms with E-state index in [0.29, 0.717) is 11.3 Å². The summed E-state index contributed by atoms with van der Waals surface area (Å²) >= 11 is 0. The van der Waals surface area contributed by atoms with Gasteiger partial charge >= 0.3 is 5.97 Å². The number of imidazole rings is 1. The number of rotatable bonds is 3. The van der Waals surface area contributed by atoms with E-state index in [-0.39, 0.29) is 6.54 Å². The Morgan fingerprint density at radius 3 is 3.07 bits per heavy atom. The van der Waals surface area contributed by atoms with Crippen molar-refractivity contribution in [2.75, 3.05) is 6.54 Å². The van der Waals surface area contributed by atoms with Crippen molar-refractivity contribution < 1.29 is 9.90 Å². The number of hydrogen-bond donors (Lipinski definition) is 2. The summed E-state index contributed by atoms with van der Waals surface area (Å²) in [5.41, 5.74) is 6.61. The Morgan fingerprint density at radius 1 is 1.60 bits per heavy atom. The zero-order valence-corrected chi connectivity index (χ0v) is 7.87. The van der Waals surface area contributed by atoms with Crippen LogP contribution in [0.3, 0.4) is 0 Å². The Bertz CT molecular complexity index is 494.